The number of hydrogen-bond donors (Lipinski definition) is 1. The molecule has 1 unspecified atom stereocenters. The molecular formula is C18H19N3O3S. The van der Waals surface area contributed by atoms with Gasteiger partial charge in [-0.05, 0) is 53.4 Å². The number of carbonyl (C=O) groups is 2. The highest BCUT2D eigenvalue weighted by Crippen LogP contribution is 2.33. The summed E-state index contributed by atoms with van der Waals surface area (Å²) in [6.07, 6.45) is 1.65. The van der Waals surface area contributed by atoms with Gasteiger partial charge in [-0.3, -0.25) is 4.90 Å². The molecule has 0 aliphatic carbocycles. The van der Waals surface area contributed by atoms with Gasteiger partial charge in [-0.15, -0.1) is 0 Å². The standard InChI is InChI=1S/C18H19N3O3S/c22-17(21-7-2-5-16(21)13-6-10-25-12-13)19-14-3-1-4-15(11-14)20-8-9-24-18(20)23/h1,3-4,6,10-12,16H,2,5,7-9H2,(H,19,22). The molecule has 2 saturated heterocycles. The van der Waals surface area contributed by atoms with E-state index in [9.17, 15) is 9.59 Å². The number of hydrogen-bond acceptors (Lipinski definition) is 4. The summed E-state index contributed by atoms with van der Waals surface area (Å²) < 4.78 is 4.97. The number of nitrogens with one attached hydrogen (secondary N) is 1. The first-order valence-corrected chi connectivity index (χ1v) is 9.31. The summed E-state index contributed by atoms with van der Waals surface area (Å²) in [6, 6.07) is 9.43. The molecule has 1 aromatic heterocycles. The van der Waals surface area contributed by atoms with Gasteiger partial charge in [0.15, 0.2) is 0 Å². The summed E-state index contributed by atoms with van der Waals surface area (Å²) in [4.78, 5) is 27.9. The Balaban J connectivity index is 1.48. The highest BCUT2D eigenvalue weighted by molar-refractivity contribution is 7.08. The fraction of sp³-hybridized carbons (Fsp3) is 0.333. The van der Waals surface area contributed by atoms with E-state index in [-0.39, 0.29) is 18.2 Å². The van der Waals surface area contributed by atoms with Gasteiger partial charge in [0.25, 0.3) is 0 Å². The molecule has 0 saturated carbocycles. The second-order valence-electron chi connectivity index (χ2n) is 6.15. The SMILES string of the molecule is O=C1OCCN1c1cccc(NC(=O)N2CCCC2c2ccsc2)c1. The van der Waals surface area contributed by atoms with Crippen LogP contribution in [-0.4, -0.2) is 36.7 Å². The van der Waals surface area contributed by atoms with Crippen molar-refractivity contribution in [1.29, 1.82) is 0 Å². The zero-order valence-electron chi connectivity index (χ0n) is 13.7. The minimum Gasteiger partial charge on any atom is -0.447 e. The number of anilines is 2. The Morgan fingerprint density at radius 1 is 1.28 bits per heavy atom. The molecule has 2 aliphatic heterocycles. The zero-order chi connectivity index (χ0) is 17.2. The smallest absolute Gasteiger partial charge is 0.414 e. The van der Waals surface area contributed by atoms with Crippen LogP contribution in [0.4, 0.5) is 21.0 Å². The van der Waals surface area contributed by atoms with E-state index in [4.69, 9.17) is 4.74 Å². The van der Waals surface area contributed by atoms with Gasteiger partial charge >= 0.3 is 12.1 Å². The minimum atomic E-state index is -0.347. The van der Waals surface area contributed by atoms with Gasteiger partial charge in [0.1, 0.15) is 6.61 Å². The monoisotopic (exact) mass is 357 g/mol. The summed E-state index contributed by atoms with van der Waals surface area (Å²) in [5.74, 6) is 0. The molecule has 6 nitrogen and oxygen atoms in total. The lowest BCUT2D eigenvalue weighted by molar-refractivity contribution is 0.181. The third-order valence-corrected chi connectivity index (χ3v) is 5.31. The van der Waals surface area contributed by atoms with Crippen molar-refractivity contribution in [3.8, 4) is 0 Å². The Labute approximate surface area is 150 Å². The number of nitrogens with zero attached hydrogens (tertiary/aromatic N) is 2. The summed E-state index contributed by atoms with van der Waals surface area (Å²) in [6.45, 7) is 1.68. The fourth-order valence-corrected chi connectivity index (χ4v) is 4.10. The van der Waals surface area contributed by atoms with Gasteiger partial charge in [0.2, 0.25) is 0 Å². The van der Waals surface area contributed by atoms with E-state index in [2.05, 4.69) is 16.8 Å². The number of ether oxygens (including phenoxy) is 1. The molecule has 3 heterocycles. The maximum atomic E-state index is 12.7. The second kappa shape index (κ2) is 6.76. The Kier molecular flexibility index (Phi) is 4.31. The van der Waals surface area contributed by atoms with Gasteiger partial charge in [0.05, 0.1) is 12.6 Å². The van der Waals surface area contributed by atoms with E-state index in [1.54, 1.807) is 22.3 Å². The molecule has 0 spiro atoms. The van der Waals surface area contributed by atoms with Crippen molar-refractivity contribution >= 4 is 34.8 Å². The van der Waals surface area contributed by atoms with E-state index >= 15 is 0 Å². The first-order chi connectivity index (χ1) is 12.2. The second-order valence-corrected chi connectivity index (χ2v) is 6.93. The molecule has 3 amide bonds. The summed E-state index contributed by atoms with van der Waals surface area (Å²) in [5.41, 5.74) is 2.61. The summed E-state index contributed by atoms with van der Waals surface area (Å²) in [5, 5.41) is 7.12. The van der Waals surface area contributed by atoms with Crippen LogP contribution < -0.4 is 10.2 Å². The van der Waals surface area contributed by atoms with Crippen molar-refractivity contribution in [2.24, 2.45) is 0 Å². The third-order valence-electron chi connectivity index (χ3n) is 4.61. The topological polar surface area (TPSA) is 61.9 Å². The average Bonchev–Trinajstić information content (AvgIpc) is 3.36. The Morgan fingerprint density at radius 2 is 2.20 bits per heavy atom. The van der Waals surface area contributed by atoms with E-state index < -0.39 is 0 Å². The molecule has 0 radical (unpaired) electrons. The van der Waals surface area contributed by atoms with Gasteiger partial charge in [-0.1, -0.05) is 6.07 Å². The van der Waals surface area contributed by atoms with Crippen LogP contribution in [0.25, 0.3) is 0 Å². The third kappa shape index (κ3) is 3.19. The highest BCUT2D eigenvalue weighted by atomic mass is 32.1. The Bertz CT molecular complexity index is 778. The molecule has 7 heteroatoms. The predicted octanol–water partition coefficient (Wildman–Crippen LogP) is 4.07. The number of thiophene rings is 1. The van der Waals surface area contributed by atoms with Crippen molar-refractivity contribution < 1.29 is 14.3 Å². The number of amides is 3. The minimum absolute atomic E-state index is 0.102. The van der Waals surface area contributed by atoms with Crippen molar-refractivity contribution in [2.75, 3.05) is 29.9 Å². The number of cyclic esters (lactones) is 1. The lowest BCUT2D eigenvalue weighted by atomic mass is 10.1. The summed E-state index contributed by atoms with van der Waals surface area (Å²) in [7, 11) is 0. The molecule has 1 N–H and O–H groups in total. The van der Waals surface area contributed by atoms with Crippen molar-refractivity contribution in [2.45, 2.75) is 18.9 Å². The van der Waals surface area contributed by atoms with Gasteiger partial charge in [-0.25, -0.2) is 9.59 Å². The molecular weight excluding hydrogens is 338 g/mol. The molecule has 1 atom stereocenters. The molecule has 25 heavy (non-hydrogen) atoms. The number of benzene rings is 1. The molecule has 4 rings (SSSR count). The van der Waals surface area contributed by atoms with E-state index in [1.807, 2.05) is 28.5 Å². The van der Waals surface area contributed by atoms with Gasteiger partial charge < -0.3 is 15.0 Å². The Morgan fingerprint density at radius 3 is 2.96 bits per heavy atom. The predicted molar refractivity (Wildman–Crippen MR) is 97.2 cm³/mol. The van der Waals surface area contributed by atoms with Crippen LogP contribution in [0.3, 0.4) is 0 Å². The van der Waals surface area contributed by atoms with Crippen LogP contribution in [0.15, 0.2) is 41.1 Å². The van der Waals surface area contributed by atoms with Gasteiger partial charge in [0, 0.05) is 17.9 Å². The zero-order valence-corrected chi connectivity index (χ0v) is 14.5. The molecule has 130 valence electrons. The first-order valence-electron chi connectivity index (χ1n) is 8.36. The normalized spacial score (nSPS) is 20.0. The maximum absolute atomic E-state index is 12.7. The molecule has 2 aromatic rings. The van der Waals surface area contributed by atoms with Crippen LogP contribution in [0, 0.1) is 0 Å². The van der Waals surface area contributed by atoms with Crippen LogP contribution in [0.1, 0.15) is 24.4 Å². The van der Waals surface area contributed by atoms with E-state index in [1.165, 1.54) is 5.56 Å². The quantitative estimate of drug-likeness (QED) is 0.900. The van der Waals surface area contributed by atoms with E-state index in [0.29, 0.717) is 18.8 Å². The lowest BCUT2D eigenvalue weighted by Crippen LogP contribution is -2.34. The van der Waals surface area contributed by atoms with E-state index in [0.717, 1.165) is 25.1 Å². The largest absolute Gasteiger partial charge is 0.447 e. The van der Waals surface area contributed by atoms with Gasteiger partial charge in [-0.2, -0.15) is 11.3 Å². The van der Waals surface area contributed by atoms with Crippen molar-refractivity contribution in [3.63, 3.8) is 0 Å². The fourth-order valence-electron chi connectivity index (χ4n) is 3.40. The molecule has 2 aliphatic rings. The van der Waals surface area contributed by atoms with Crippen LogP contribution in [0.5, 0.6) is 0 Å². The molecule has 1 aromatic carbocycles. The Hall–Kier alpha value is -2.54. The van der Waals surface area contributed by atoms with Crippen LogP contribution in [-0.2, 0) is 4.74 Å². The number of urea groups is 1. The average molecular weight is 357 g/mol. The van der Waals surface area contributed by atoms with Crippen LogP contribution >= 0.6 is 11.3 Å². The number of rotatable bonds is 3. The van der Waals surface area contributed by atoms with Crippen LogP contribution in [0.2, 0.25) is 0 Å². The first kappa shape index (κ1) is 16.0. The lowest BCUT2D eigenvalue weighted by Gasteiger charge is -2.25. The summed E-state index contributed by atoms with van der Waals surface area (Å²) >= 11 is 1.65. The maximum Gasteiger partial charge on any atom is 0.414 e. The van der Waals surface area contributed by atoms with Crippen molar-refractivity contribution in [1.82, 2.24) is 4.90 Å². The molecule has 0 bridgehead atoms. The number of likely N-dealkylation sites (tertiary alicyclic amines) is 1. The highest BCUT2D eigenvalue weighted by Gasteiger charge is 2.30. The molecule has 2 fully saturated rings. The van der Waals surface area contributed by atoms with Crippen molar-refractivity contribution in [3.05, 3.63) is 46.7 Å². The number of carbonyl (C=O) groups excluding carboxylic acids is 2.